The summed E-state index contributed by atoms with van der Waals surface area (Å²) >= 11 is 7.51. The molecular weight excluding hydrogens is 286 g/mol. The molecule has 0 saturated heterocycles. The fourth-order valence-corrected chi connectivity index (χ4v) is 2.64. The molecule has 1 aromatic carbocycles. The van der Waals surface area contributed by atoms with Crippen molar-refractivity contribution < 1.29 is 8.78 Å². The van der Waals surface area contributed by atoms with Gasteiger partial charge >= 0.3 is 0 Å². The van der Waals surface area contributed by atoms with Gasteiger partial charge in [-0.2, -0.15) is 8.78 Å². The van der Waals surface area contributed by atoms with Crippen molar-refractivity contribution in [2.45, 2.75) is 10.7 Å². The molecule has 0 bridgehead atoms. The Balaban J connectivity index is 2.20. The van der Waals surface area contributed by atoms with Crippen molar-refractivity contribution in [1.82, 2.24) is 4.98 Å². The van der Waals surface area contributed by atoms with Crippen molar-refractivity contribution in [3.8, 4) is 0 Å². The van der Waals surface area contributed by atoms with E-state index < -0.39 is 5.76 Å². The summed E-state index contributed by atoms with van der Waals surface area (Å²) in [5.41, 5.74) is 0.601. The summed E-state index contributed by atoms with van der Waals surface area (Å²) in [6, 6.07) is 6.84. The summed E-state index contributed by atoms with van der Waals surface area (Å²) in [5, 5.41) is 5.61. The highest BCUT2D eigenvalue weighted by Gasteiger charge is 2.10. The lowest BCUT2D eigenvalue weighted by atomic mass is 10.3. The van der Waals surface area contributed by atoms with Gasteiger partial charge in [0.05, 0.1) is 5.69 Å². The van der Waals surface area contributed by atoms with Crippen LogP contribution in [-0.2, 0) is 0 Å². The van der Waals surface area contributed by atoms with Crippen molar-refractivity contribution in [1.29, 1.82) is 0 Å². The number of nitrogens with zero attached hydrogens (tertiary/aromatic N) is 1. The molecule has 0 atom stereocenters. The molecule has 1 heterocycles. The minimum absolute atomic E-state index is 0.386. The number of alkyl halides is 2. The molecule has 0 spiro atoms. The van der Waals surface area contributed by atoms with Gasteiger partial charge in [0.25, 0.3) is 5.76 Å². The van der Waals surface area contributed by atoms with E-state index in [-0.39, 0.29) is 0 Å². The summed E-state index contributed by atoms with van der Waals surface area (Å²) in [5.74, 6) is -2.45. The Morgan fingerprint density at radius 2 is 2.12 bits per heavy atom. The van der Waals surface area contributed by atoms with E-state index in [9.17, 15) is 8.78 Å². The zero-order valence-corrected chi connectivity index (χ0v) is 10.8. The number of thiazole rings is 1. The zero-order chi connectivity index (χ0) is 12.3. The predicted octanol–water partition coefficient (Wildman–Crippen LogP) is 4.85. The molecular formula is C10H7ClF2N2S2. The molecule has 1 aromatic heterocycles. The summed E-state index contributed by atoms with van der Waals surface area (Å²) in [6.45, 7) is 0. The fourth-order valence-electron chi connectivity index (χ4n) is 1.20. The number of aromatic nitrogens is 1. The van der Waals surface area contributed by atoms with Gasteiger partial charge in [-0.05, 0) is 12.1 Å². The Bertz CT molecular complexity index is 505. The van der Waals surface area contributed by atoms with Gasteiger partial charge in [-0.1, -0.05) is 35.5 Å². The molecule has 0 aliphatic rings. The van der Waals surface area contributed by atoms with Crippen LogP contribution in [0.25, 0.3) is 0 Å². The van der Waals surface area contributed by atoms with Gasteiger partial charge < -0.3 is 5.32 Å². The van der Waals surface area contributed by atoms with Crippen LogP contribution in [0.2, 0.25) is 5.15 Å². The molecule has 17 heavy (non-hydrogen) atoms. The van der Waals surface area contributed by atoms with Gasteiger partial charge in [0.2, 0.25) is 0 Å². The standard InChI is InChI=1S/C10H7ClF2N2S2/c11-8-5-16-10(15-8)14-6-3-1-2-4-7(6)17-9(12)13/h1-5,9H,(H,14,15). The number of rotatable bonds is 4. The zero-order valence-electron chi connectivity index (χ0n) is 8.36. The molecule has 0 fully saturated rings. The molecule has 0 unspecified atom stereocenters. The second-order valence-corrected chi connectivity index (χ2v) is 5.25. The van der Waals surface area contributed by atoms with E-state index in [1.54, 1.807) is 29.6 Å². The molecule has 0 amide bonds. The number of anilines is 2. The summed E-state index contributed by atoms with van der Waals surface area (Å²) in [6.07, 6.45) is 0. The molecule has 7 heteroatoms. The lowest BCUT2D eigenvalue weighted by Gasteiger charge is -2.08. The minimum Gasteiger partial charge on any atom is -0.331 e. The maximum atomic E-state index is 12.3. The Hall–Kier alpha value is -0.850. The summed E-state index contributed by atoms with van der Waals surface area (Å²) < 4.78 is 24.7. The first kappa shape index (κ1) is 12.6. The number of benzene rings is 1. The molecule has 2 rings (SSSR count). The highest BCUT2D eigenvalue weighted by molar-refractivity contribution is 7.99. The molecule has 0 aliphatic heterocycles. The van der Waals surface area contributed by atoms with Gasteiger partial charge in [-0.3, -0.25) is 0 Å². The highest BCUT2D eigenvalue weighted by Crippen LogP contribution is 2.34. The van der Waals surface area contributed by atoms with Crippen LogP contribution in [0, 0.1) is 0 Å². The fraction of sp³-hybridized carbons (Fsp3) is 0.100. The molecule has 2 nitrogen and oxygen atoms in total. The molecule has 1 N–H and O–H groups in total. The van der Waals surface area contributed by atoms with E-state index in [2.05, 4.69) is 10.3 Å². The van der Waals surface area contributed by atoms with Gasteiger partial charge in [0.1, 0.15) is 5.15 Å². The number of hydrogen-bond acceptors (Lipinski definition) is 4. The van der Waals surface area contributed by atoms with Gasteiger partial charge in [0, 0.05) is 10.3 Å². The normalized spacial score (nSPS) is 10.8. The maximum absolute atomic E-state index is 12.3. The smallest absolute Gasteiger partial charge is 0.288 e. The highest BCUT2D eigenvalue weighted by atomic mass is 35.5. The lowest BCUT2D eigenvalue weighted by Crippen LogP contribution is -1.93. The Kier molecular flexibility index (Phi) is 4.20. The number of para-hydroxylation sites is 1. The predicted molar refractivity (Wildman–Crippen MR) is 68.7 cm³/mol. The largest absolute Gasteiger partial charge is 0.331 e. The van der Waals surface area contributed by atoms with Crippen LogP contribution in [0.15, 0.2) is 34.5 Å². The third-order valence-electron chi connectivity index (χ3n) is 1.82. The van der Waals surface area contributed by atoms with Crippen molar-refractivity contribution >= 4 is 45.5 Å². The third-order valence-corrected chi connectivity index (χ3v) is 3.69. The van der Waals surface area contributed by atoms with Crippen LogP contribution in [0.5, 0.6) is 0 Å². The quantitative estimate of drug-likeness (QED) is 0.815. The van der Waals surface area contributed by atoms with E-state index in [1.165, 1.54) is 11.3 Å². The van der Waals surface area contributed by atoms with E-state index >= 15 is 0 Å². The number of nitrogens with one attached hydrogen (secondary N) is 1. The SMILES string of the molecule is FC(F)Sc1ccccc1Nc1nc(Cl)cs1. The maximum Gasteiger partial charge on any atom is 0.288 e. The van der Waals surface area contributed by atoms with Crippen LogP contribution >= 0.6 is 34.7 Å². The molecule has 90 valence electrons. The first-order valence-electron chi connectivity index (χ1n) is 4.57. The van der Waals surface area contributed by atoms with Crippen LogP contribution < -0.4 is 5.32 Å². The van der Waals surface area contributed by atoms with Crippen molar-refractivity contribution in [3.63, 3.8) is 0 Å². The summed E-state index contributed by atoms with van der Waals surface area (Å²) in [7, 11) is 0. The van der Waals surface area contributed by atoms with Crippen molar-refractivity contribution in [2.75, 3.05) is 5.32 Å². The Labute approximate surface area is 110 Å². The van der Waals surface area contributed by atoms with E-state index in [4.69, 9.17) is 11.6 Å². The van der Waals surface area contributed by atoms with E-state index in [0.717, 1.165) is 0 Å². The second kappa shape index (κ2) is 5.66. The first-order valence-corrected chi connectivity index (χ1v) is 6.71. The topological polar surface area (TPSA) is 24.9 Å². The van der Waals surface area contributed by atoms with Crippen LogP contribution in [0.4, 0.5) is 19.6 Å². The number of halogens is 3. The Morgan fingerprint density at radius 3 is 2.76 bits per heavy atom. The van der Waals surface area contributed by atoms with Crippen molar-refractivity contribution in [3.05, 3.63) is 34.8 Å². The minimum atomic E-state index is -2.45. The molecule has 0 radical (unpaired) electrons. The van der Waals surface area contributed by atoms with E-state index in [0.29, 0.717) is 32.6 Å². The average molecular weight is 293 g/mol. The molecule has 0 saturated carbocycles. The van der Waals surface area contributed by atoms with Gasteiger partial charge in [0.15, 0.2) is 5.13 Å². The third kappa shape index (κ3) is 3.55. The van der Waals surface area contributed by atoms with Crippen LogP contribution in [0.1, 0.15) is 0 Å². The number of thioether (sulfide) groups is 1. The summed E-state index contributed by atoms with van der Waals surface area (Å²) in [4.78, 5) is 4.48. The van der Waals surface area contributed by atoms with Gasteiger partial charge in [-0.25, -0.2) is 4.98 Å². The number of hydrogen-bond donors (Lipinski definition) is 1. The second-order valence-electron chi connectivity index (χ2n) is 2.98. The van der Waals surface area contributed by atoms with E-state index in [1.807, 2.05) is 0 Å². The first-order chi connectivity index (χ1) is 8.15. The average Bonchev–Trinajstić information content (AvgIpc) is 2.66. The molecule has 0 aliphatic carbocycles. The van der Waals surface area contributed by atoms with Crippen molar-refractivity contribution in [2.24, 2.45) is 0 Å². The monoisotopic (exact) mass is 292 g/mol. The van der Waals surface area contributed by atoms with Gasteiger partial charge in [-0.15, -0.1) is 11.3 Å². The molecule has 2 aromatic rings. The Morgan fingerprint density at radius 1 is 1.35 bits per heavy atom. The van der Waals surface area contributed by atoms with Crippen LogP contribution in [0.3, 0.4) is 0 Å². The lowest BCUT2D eigenvalue weighted by molar-refractivity contribution is 0.252. The van der Waals surface area contributed by atoms with Crippen LogP contribution in [-0.4, -0.2) is 10.7 Å².